The largest absolute Gasteiger partial charge is 0.389 e. The average molecular weight is 448 g/mol. The number of hydrogen-bond donors (Lipinski definition) is 4. The SMILES string of the molecule is CC(=O)Nc1ccc(Nc2nccc(-c3cnc(NCC(C)(C)O)nc3CC3CC3)n2)cc1. The van der Waals surface area contributed by atoms with Gasteiger partial charge in [-0.05, 0) is 69.4 Å². The minimum atomic E-state index is -0.855. The van der Waals surface area contributed by atoms with Crippen LogP contribution in [-0.4, -0.2) is 43.1 Å². The Balaban J connectivity index is 1.54. The molecule has 4 rings (SSSR count). The van der Waals surface area contributed by atoms with E-state index in [4.69, 9.17) is 4.98 Å². The van der Waals surface area contributed by atoms with Gasteiger partial charge < -0.3 is 21.1 Å². The summed E-state index contributed by atoms with van der Waals surface area (Å²) in [6.45, 7) is 5.31. The van der Waals surface area contributed by atoms with Crippen molar-refractivity contribution in [2.45, 2.75) is 45.6 Å². The van der Waals surface area contributed by atoms with Crippen molar-refractivity contribution in [2.24, 2.45) is 5.92 Å². The fourth-order valence-corrected chi connectivity index (χ4v) is 3.30. The van der Waals surface area contributed by atoms with Gasteiger partial charge in [0.1, 0.15) is 0 Å². The second kappa shape index (κ2) is 9.50. The van der Waals surface area contributed by atoms with Gasteiger partial charge in [0, 0.05) is 42.8 Å². The number of amides is 1. The van der Waals surface area contributed by atoms with Crippen molar-refractivity contribution in [2.75, 3.05) is 22.5 Å². The zero-order chi connectivity index (χ0) is 23.4. The smallest absolute Gasteiger partial charge is 0.227 e. The second-order valence-corrected chi connectivity index (χ2v) is 9.02. The highest BCUT2D eigenvalue weighted by molar-refractivity contribution is 5.88. The first-order valence-electron chi connectivity index (χ1n) is 11.1. The summed E-state index contributed by atoms with van der Waals surface area (Å²) < 4.78 is 0. The maximum absolute atomic E-state index is 11.2. The molecule has 3 aromatic rings. The predicted molar refractivity (Wildman–Crippen MR) is 128 cm³/mol. The number of anilines is 4. The lowest BCUT2D eigenvalue weighted by Gasteiger charge is -2.18. The Bertz CT molecular complexity index is 1120. The van der Waals surface area contributed by atoms with Crippen molar-refractivity contribution in [3.63, 3.8) is 0 Å². The highest BCUT2D eigenvalue weighted by atomic mass is 16.3. The second-order valence-electron chi connectivity index (χ2n) is 9.02. The number of nitrogens with zero attached hydrogens (tertiary/aromatic N) is 4. The minimum absolute atomic E-state index is 0.114. The van der Waals surface area contributed by atoms with Gasteiger partial charge in [-0.3, -0.25) is 4.79 Å². The molecule has 1 aliphatic rings. The summed E-state index contributed by atoms with van der Waals surface area (Å²) in [5, 5.41) is 19.0. The van der Waals surface area contributed by atoms with Crippen molar-refractivity contribution in [3.8, 4) is 11.3 Å². The third-order valence-corrected chi connectivity index (χ3v) is 5.12. The van der Waals surface area contributed by atoms with Gasteiger partial charge in [0.2, 0.25) is 17.8 Å². The Morgan fingerprint density at radius 2 is 1.79 bits per heavy atom. The Morgan fingerprint density at radius 3 is 2.45 bits per heavy atom. The molecule has 0 bridgehead atoms. The molecule has 33 heavy (non-hydrogen) atoms. The molecule has 9 heteroatoms. The average Bonchev–Trinajstić information content (AvgIpc) is 3.57. The summed E-state index contributed by atoms with van der Waals surface area (Å²) in [5.41, 5.74) is 3.24. The Morgan fingerprint density at radius 1 is 1.06 bits per heavy atom. The standard InChI is InChI=1S/C24H29N7O2/c1-15(32)28-17-6-8-18(9-7-17)29-23-25-11-10-20(30-23)19-13-26-22(27-14-24(2,3)33)31-21(19)12-16-4-5-16/h6-11,13,16,33H,4-5,12,14H2,1-3H3,(H,28,32)(H,25,29,30)(H,26,27,31). The van der Waals surface area contributed by atoms with E-state index in [9.17, 15) is 9.90 Å². The fraction of sp³-hybridized carbons (Fsp3) is 0.375. The van der Waals surface area contributed by atoms with Crippen LogP contribution < -0.4 is 16.0 Å². The van der Waals surface area contributed by atoms with Crippen LogP contribution in [0.4, 0.5) is 23.3 Å². The number of hydrogen-bond acceptors (Lipinski definition) is 8. The maximum Gasteiger partial charge on any atom is 0.227 e. The van der Waals surface area contributed by atoms with Crippen molar-refractivity contribution < 1.29 is 9.90 Å². The molecule has 1 fully saturated rings. The van der Waals surface area contributed by atoms with E-state index >= 15 is 0 Å². The number of aliphatic hydroxyl groups is 1. The van der Waals surface area contributed by atoms with Crippen LogP contribution in [0.15, 0.2) is 42.7 Å². The summed E-state index contributed by atoms with van der Waals surface area (Å²) in [6.07, 6.45) is 6.78. The van der Waals surface area contributed by atoms with Crippen LogP contribution in [0, 0.1) is 5.92 Å². The van der Waals surface area contributed by atoms with Crippen molar-refractivity contribution in [3.05, 3.63) is 48.4 Å². The molecule has 4 N–H and O–H groups in total. The Labute approximate surface area is 193 Å². The summed E-state index contributed by atoms with van der Waals surface area (Å²) in [7, 11) is 0. The molecule has 0 unspecified atom stereocenters. The van der Waals surface area contributed by atoms with Crippen molar-refractivity contribution >= 4 is 29.2 Å². The Hall–Kier alpha value is -3.59. The van der Waals surface area contributed by atoms with E-state index in [0.29, 0.717) is 24.4 Å². The molecule has 0 atom stereocenters. The van der Waals surface area contributed by atoms with Crippen molar-refractivity contribution in [1.29, 1.82) is 0 Å². The topological polar surface area (TPSA) is 125 Å². The van der Waals surface area contributed by atoms with E-state index < -0.39 is 5.60 Å². The number of nitrogens with one attached hydrogen (secondary N) is 3. The van der Waals surface area contributed by atoms with E-state index in [1.807, 2.05) is 30.3 Å². The highest BCUT2D eigenvalue weighted by Crippen LogP contribution is 2.35. The molecule has 1 aliphatic carbocycles. The molecule has 0 saturated heterocycles. The van der Waals surface area contributed by atoms with E-state index in [1.165, 1.54) is 19.8 Å². The van der Waals surface area contributed by atoms with Crippen LogP contribution in [0.5, 0.6) is 0 Å². The van der Waals surface area contributed by atoms with Gasteiger partial charge in [-0.15, -0.1) is 0 Å². The van der Waals surface area contributed by atoms with Crippen LogP contribution in [0.2, 0.25) is 0 Å². The number of benzene rings is 1. The summed E-state index contributed by atoms with van der Waals surface area (Å²) in [5.74, 6) is 1.49. The molecule has 1 amide bonds. The zero-order valence-electron chi connectivity index (χ0n) is 19.1. The summed E-state index contributed by atoms with van der Waals surface area (Å²) in [6, 6.07) is 9.19. The minimum Gasteiger partial charge on any atom is -0.389 e. The van der Waals surface area contributed by atoms with E-state index in [-0.39, 0.29) is 5.91 Å². The number of aromatic nitrogens is 4. The quantitative estimate of drug-likeness (QED) is 0.391. The summed E-state index contributed by atoms with van der Waals surface area (Å²) >= 11 is 0. The van der Waals surface area contributed by atoms with Crippen LogP contribution in [-0.2, 0) is 11.2 Å². The predicted octanol–water partition coefficient (Wildman–Crippen LogP) is 3.77. The first-order valence-corrected chi connectivity index (χ1v) is 11.1. The molecule has 0 spiro atoms. The lowest BCUT2D eigenvalue weighted by Crippen LogP contribution is -2.30. The monoisotopic (exact) mass is 447 g/mol. The fourth-order valence-electron chi connectivity index (χ4n) is 3.30. The van der Waals surface area contributed by atoms with Crippen LogP contribution in [0.1, 0.15) is 39.3 Å². The molecule has 1 aromatic carbocycles. The first kappa shape index (κ1) is 22.6. The molecule has 2 heterocycles. The van der Waals surface area contributed by atoms with E-state index in [0.717, 1.165) is 34.7 Å². The van der Waals surface area contributed by atoms with E-state index in [2.05, 4.69) is 30.9 Å². The molecule has 2 aromatic heterocycles. The van der Waals surface area contributed by atoms with Crippen LogP contribution >= 0.6 is 0 Å². The molecular weight excluding hydrogens is 418 g/mol. The first-order chi connectivity index (χ1) is 15.7. The highest BCUT2D eigenvalue weighted by Gasteiger charge is 2.25. The Kier molecular flexibility index (Phi) is 6.50. The number of rotatable bonds is 9. The van der Waals surface area contributed by atoms with Crippen LogP contribution in [0.25, 0.3) is 11.3 Å². The molecule has 0 aliphatic heterocycles. The zero-order valence-corrected chi connectivity index (χ0v) is 19.1. The maximum atomic E-state index is 11.2. The van der Waals surface area contributed by atoms with Gasteiger partial charge in [0.25, 0.3) is 0 Å². The molecular formula is C24H29N7O2. The lowest BCUT2D eigenvalue weighted by molar-refractivity contribution is -0.114. The third-order valence-electron chi connectivity index (χ3n) is 5.12. The molecule has 172 valence electrons. The lowest BCUT2D eigenvalue weighted by atomic mass is 10.1. The summed E-state index contributed by atoms with van der Waals surface area (Å²) in [4.78, 5) is 29.4. The number of carbonyl (C=O) groups excluding carboxylic acids is 1. The molecule has 0 radical (unpaired) electrons. The molecule has 1 saturated carbocycles. The van der Waals surface area contributed by atoms with E-state index in [1.54, 1.807) is 26.2 Å². The molecule has 9 nitrogen and oxygen atoms in total. The van der Waals surface area contributed by atoms with Gasteiger partial charge in [0.05, 0.1) is 17.0 Å². The van der Waals surface area contributed by atoms with Gasteiger partial charge in [-0.1, -0.05) is 0 Å². The van der Waals surface area contributed by atoms with Crippen LogP contribution in [0.3, 0.4) is 0 Å². The number of carbonyl (C=O) groups is 1. The van der Waals surface area contributed by atoms with Crippen molar-refractivity contribution in [1.82, 2.24) is 19.9 Å². The third kappa shape index (κ3) is 6.69. The van der Waals surface area contributed by atoms with Gasteiger partial charge in [-0.2, -0.15) is 0 Å². The van der Waals surface area contributed by atoms with Gasteiger partial charge in [0.15, 0.2) is 0 Å². The normalized spacial score (nSPS) is 13.5. The van der Waals surface area contributed by atoms with Gasteiger partial charge in [-0.25, -0.2) is 19.9 Å². The van der Waals surface area contributed by atoms with Gasteiger partial charge >= 0.3 is 0 Å².